The molecule has 0 radical (unpaired) electrons. The van der Waals surface area contributed by atoms with Crippen LogP contribution >= 0.6 is 0 Å². The number of aryl methyl sites for hydroxylation is 2. The van der Waals surface area contributed by atoms with Crippen molar-refractivity contribution in [1.29, 1.82) is 0 Å². The molecule has 2 aromatic carbocycles. The Hall–Kier alpha value is -5.34. The van der Waals surface area contributed by atoms with E-state index in [1.807, 2.05) is 24.5 Å². The zero-order valence-corrected chi connectivity index (χ0v) is 36.4. The van der Waals surface area contributed by atoms with Crippen molar-refractivity contribution >= 4 is 34.6 Å². The molecule has 6 bridgehead atoms. The van der Waals surface area contributed by atoms with Gasteiger partial charge in [-0.1, -0.05) is 46.8 Å². The number of esters is 1. The number of hydrazine groups is 1. The van der Waals surface area contributed by atoms with Gasteiger partial charge < -0.3 is 29.9 Å². The lowest BCUT2D eigenvalue weighted by atomic mass is 9.84. The number of rotatable bonds is 8. The van der Waals surface area contributed by atoms with Crippen LogP contribution in [0.15, 0.2) is 54.9 Å². The fourth-order valence-electron chi connectivity index (χ4n) is 9.43. The molecular weight excluding hydrogens is 778 g/mol. The normalized spacial score (nSPS) is 22.5. The molecule has 2 fully saturated rings. The minimum Gasteiger partial charge on any atom is -0.508 e. The van der Waals surface area contributed by atoms with E-state index in [2.05, 4.69) is 71.5 Å². The van der Waals surface area contributed by atoms with E-state index < -0.39 is 59.3 Å². The molecule has 0 saturated carbocycles. The van der Waals surface area contributed by atoms with Crippen LogP contribution in [-0.4, -0.2) is 106 Å². The van der Waals surface area contributed by atoms with Gasteiger partial charge >= 0.3 is 5.97 Å². The number of cyclic esters (lactones) is 1. The maximum atomic E-state index is 14.7. The molecule has 0 unspecified atom stereocenters. The van der Waals surface area contributed by atoms with E-state index in [9.17, 15) is 28.7 Å². The van der Waals surface area contributed by atoms with Crippen molar-refractivity contribution in [2.75, 3.05) is 33.3 Å². The Morgan fingerprint density at radius 1 is 1.10 bits per heavy atom. The second-order valence-corrected chi connectivity index (χ2v) is 18.0. The zero-order valence-electron chi connectivity index (χ0n) is 36.4. The number of carbonyl (C=O) groups is 4. The highest BCUT2D eigenvalue weighted by atomic mass is 19.1. The van der Waals surface area contributed by atoms with Crippen molar-refractivity contribution in [1.82, 2.24) is 35.5 Å². The molecule has 0 spiro atoms. The summed E-state index contributed by atoms with van der Waals surface area (Å²) in [6.07, 6.45) is 4.72. The van der Waals surface area contributed by atoms with Crippen LogP contribution in [0, 0.1) is 17.3 Å². The summed E-state index contributed by atoms with van der Waals surface area (Å²) in [4.78, 5) is 62.1. The largest absolute Gasteiger partial charge is 0.508 e. The van der Waals surface area contributed by atoms with Gasteiger partial charge in [-0.3, -0.25) is 29.2 Å². The number of ether oxygens (including phenoxy) is 1. The van der Waals surface area contributed by atoms with Crippen molar-refractivity contribution < 1.29 is 33.4 Å². The van der Waals surface area contributed by atoms with Crippen LogP contribution in [0.25, 0.3) is 33.3 Å². The van der Waals surface area contributed by atoms with E-state index in [0.717, 1.165) is 45.3 Å². The Bertz CT molecular complexity index is 2310. The first-order valence-electron chi connectivity index (χ1n) is 21.7. The molecule has 3 aliphatic rings. The van der Waals surface area contributed by atoms with Crippen molar-refractivity contribution in [2.45, 2.75) is 104 Å². The lowest BCUT2D eigenvalue weighted by molar-refractivity contribution is -0.155. The minimum atomic E-state index is -1.37. The SMILES string of the molecule is CCc1ccncc1-c1c2c3cc(ccc3n1CC)-c1cc(O)cc(c1)C[C@H](NC(=O)[C@H](C(C)C)N(C)C(=O)[C@@H]1CNC[C@@H]1F)C(=O)N1CCC[C@H](N1)C(=O)OCC(C)(C)C2. The van der Waals surface area contributed by atoms with Gasteiger partial charge in [-0.05, 0) is 96.7 Å². The van der Waals surface area contributed by atoms with E-state index >= 15 is 0 Å². The highest BCUT2D eigenvalue weighted by Crippen LogP contribution is 2.41. The monoisotopic (exact) mass is 837 g/mol. The smallest absolute Gasteiger partial charge is 0.324 e. The van der Waals surface area contributed by atoms with Crippen LogP contribution in [0.1, 0.15) is 71.1 Å². The molecule has 5 heterocycles. The number of hydrogen-bond donors (Lipinski definition) is 4. The third-order valence-electron chi connectivity index (χ3n) is 12.5. The van der Waals surface area contributed by atoms with Gasteiger partial charge in [-0.2, -0.15) is 0 Å². The molecule has 2 aromatic heterocycles. The standard InChI is InChI=1S/C47H60FN7O6/c1-8-29-14-15-49-23-35(29)42-34-22-47(5,6)26-61-46(60)38-11-10-16-55(52-38)45(59)39(51-43(57)41(27(3)4)53(7)44(58)36-24-50-25-37(36)48)19-28-17-31(20-32(56)18-28)30-12-13-40(33(34)21-30)54(42)9-2/h12-15,17-18,20-21,23,27,36-39,41,50,52,56H,8-11,16,19,22,24-26H2,1-7H3,(H,51,57)/t36-,37+,38+,39+,41+/m1/s1. The molecule has 4 aromatic rings. The third-order valence-corrected chi connectivity index (χ3v) is 12.5. The molecule has 13 nitrogen and oxygen atoms in total. The summed E-state index contributed by atoms with van der Waals surface area (Å²) in [7, 11) is 1.49. The number of amides is 3. The Balaban J connectivity index is 1.33. The van der Waals surface area contributed by atoms with E-state index in [-0.39, 0.29) is 44.3 Å². The number of benzene rings is 2. The number of pyridine rings is 1. The summed E-state index contributed by atoms with van der Waals surface area (Å²) in [6.45, 7) is 13.4. The predicted molar refractivity (Wildman–Crippen MR) is 232 cm³/mol. The van der Waals surface area contributed by atoms with Crippen molar-refractivity contribution in [3.05, 3.63) is 71.5 Å². The van der Waals surface area contributed by atoms with Crippen LogP contribution in [0.3, 0.4) is 0 Å². The number of alkyl halides is 1. The number of likely N-dealkylation sites (N-methyl/N-ethyl adjacent to an activating group) is 1. The van der Waals surface area contributed by atoms with E-state index in [0.29, 0.717) is 31.4 Å². The van der Waals surface area contributed by atoms with E-state index in [1.54, 1.807) is 26.0 Å². The first-order chi connectivity index (χ1) is 29.1. The first kappa shape index (κ1) is 43.7. The molecule has 14 heteroatoms. The van der Waals surface area contributed by atoms with Crippen LogP contribution in [0.2, 0.25) is 0 Å². The number of nitrogens with zero attached hydrogens (tertiary/aromatic N) is 4. The number of halogens is 1. The molecule has 3 amide bonds. The molecule has 61 heavy (non-hydrogen) atoms. The van der Waals surface area contributed by atoms with Gasteiger partial charge in [0, 0.05) is 73.9 Å². The molecule has 5 atom stereocenters. The summed E-state index contributed by atoms with van der Waals surface area (Å²) < 4.78 is 23.1. The molecular formula is C47H60FN7O6. The topological polar surface area (TPSA) is 158 Å². The maximum Gasteiger partial charge on any atom is 0.324 e. The summed E-state index contributed by atoms with van der Waals surface area (Å²) >= 11 is 0. The molecule has 7 rings (SSSR count). The number of fused-ring (bicyclic) bond motifs is 6. The van der Waals surface area contributed by atoms with Gasteiger partial charge in [0.25, 0.3) is 5.91 Å². The number of hydrogen-bond acceptors (Lipinski definition) is 9. The highest BCUT2D eigenvalue weighted by molar-refractivity contribution is 5.96. The van der Waals surface area contributed by atoms with Gasteiger partial charge in [-0.25, -0.2) is 9.82 Å². The van der Waals surface area contributed by atoms with Crippen molar-refractivity contribution in [3.63, 3.8) is 0 Å². The maximum absolute atomic E-state index is 14.7. The quantitative estimate of drug-likeness (QED) is 0.172. The second kappa shape index (κ2) is 17.9. The lowest BCUT2D eigenvalue weighted by Crippen LogP contribution is -2.62. The molecule has 326 valence electrons. The summed E-state index contributed by atoms with van der Waals surface area (Å²) in [6, 6.07) is 10.5. The summed E-state index contributed by atoms with van der Waals surface area (Å²) in [5.74, 6) is -3.34. The number of aromatic hydroxyl groups is 1. The summed E-state index contributed by atoms with van der Waals surface area (Å²) in [5.41, 5.74) is 10.2. The number of nitrogens with one attached hydrogen (secondary N) is 3. The summed E-state index contributed by atoms with van der Waals surface area (Å²) in [5, 5.41) is 19.5. The minimum absolute atomic E-state index is 0.00843. The van der Waals surface area contributed by atoms with E-state index in [4.69, 9.17) is 4.74 Å². The number of carbonyl (C=O) groups excluding carboxylic acids is 4. The van der Waals surface area contributed by atoms with Crippen LogP contribution < -0.4 is 16.1 Å². The highest BCUT2D eigenvalue weighted by Gasteiger charge is 2.41. The van der Waals surface area contributed by atoms with Crippen LogP contribution in [0.4, 0.5) is 4.39 Å². The van der Waals surface area contributed by atoms with Gasteiger partial charge in [0.05, 0.1) is 18.2 Å². The van der Waals surface area contributed by atoms with Gasteiger partial charge in [0.15, 0.2) is 0 Å². The number of phenols is 1. The third kappa shape index (κ3) is 9.02. The van der Waals surface area contributed by atoms with Gasteiger partial charge in [-0.15, -0.1) is 0 Å². The Labute approximate surface area is 357 Å². The zero-order chi connectivity index (χ0) is 43.7. The Morgan fingerprint density at radius 2 is 1.89 bits per heavy atom. The lowest BCUT2D eigenvalue weighted by Gasteiger charge is -2.37. The first-order valence-corrected chi connectivity index (χ1v) is 21.7. The van der Waals surface area contributed by atoms with Gasteiger partial charge in [0.1, 0.15) is 30.0 Å². The van der Waals surface area contributed by atoms with Crippen LogP contribution in [-0.2, 0) is 49.7 Å². The predicted octanol–water partition coefficient (Wildman–Crippen LogP) is 5.35. The second-order valence-electron chi connectivity index (χ2n) is 18.0. The molecule has 2 saturated heterocycles. The number of aromatic nitrogens is 2. The fraction of sp³-hybridized carbons (Fsp3) is 0.511. The molecule has 3 aliphatic heterocycles. The van der Waals surface area contributed by atoms with Crippen molar-refractivity contribution in [2.24, 2.45) is 17.3 Å². The number of phenolic OH excluding ortho intramolecular Hbond substituents is 1. The molecule has 4 N–H and O–H groups in total. The van der Waals surface area contributed by atoms with E-state index in [1.165, 1.54) is 22.5 Å². The average Bonchev–Trinajstić information content (AvgIpc) is 3.80. The van der Waals surface area contributed by atoms with Crippen molar-refractivity contribution in [3.8, 4) is 28.1 Å². The van der Waals surface area contributed by atoms with Gasteiger partial charge in [0.2, 0.25) is 11.8 Å². The Kier molecular flexibility index (Phi) is 12.9. The molecule has 0 aliphatic carbocycles. The average molecular weight is 838 g/mol. The van der Waals surface area contributed by atoms with Crippen LogP contribution in [0.5, 0.6) is 5.75 Å². The fourth-order valence-corrected chi connectivity index (χ4v) is 9.43. The Morgan fingerprint density at radius 3 is 2.59 bits per heavy atom.